The highest BCUT2D eigenvalue weighted by Gasteiger charge is 2.19. The van der Waals surface area contributed by atoms with Gasteiger partial charge in [0.15, 0.2) is 11.5 Å². The Balaban J connectivity index is 2.52. The van der Waals surface area contributed by atoms with E-state index in [9.17, 15) is 0 Å². The molecule has 1 aliphatic rings. The maximum Gasteiger partial charge on any atom is 0.231 e. The van der Waals surface area contributed by atoms with Crippen molar-refractivity contribution in [2.75, 3.05) is 13.9 Å². The third-order valence-electron chi connectivity index (χ3n) is 1.85. The molecule has 0 aromatic heterocycles. The predicted molar refractivity (Wildman–Crippen MR) is 54.9 cm³/mol. The number of rotatable bonds is 1. The second kappa shape index (κ2) is 3.81. The van der Waals surface area contributed by atoms with Crippen molar-refractivity contribution in [2.45, 2.75) is 0 Å². The lowest BCUT2D eigenvalue weighted by Gasteiger charge is -2.04. The summed E-state index contributed by atoms with van der Waals surface area (Å²) in [5.41, 5.74) is 0.822. The van der Waals surface area contributed by atoms with E-state index in [0.717, 1.165) is 5.56 Å². The van der Waals surface area contributed by atoms with E-state index in [4.69, 9.17) is 14.2 Å². The van der Waals surface area contributed by atoms with Gasteiger partial charge < -0.3 is 14.2 Å². The van der Waals surface area contributed by atoms with Crippen LogP contribution in [0.3, 0.4) is 0 Å². The molecule has 0 saturated heterocycles. The molecule has 1 aromatic carbocycles. The first-order valence-corrected chi connectivity index (χ1v) is 4.73. The minimum atomic E-state index is 0.233. The fourth-order valence-electron chi connectivity index (χ4n) is 1.26. The van der Waals surface area contributed by atoms with Gasteiger partial charge in [-0.3, -0.25) is 0 Å². The second-order valence-electron chi connectivity index (χ2n) is 2.63. The summed E-state index contributed by atoms with van der Waals surface area (Å²) < 4.78 is 15.6. The Morgan fingerprint density at radius 2 is 2.29 bits per heavy atom. The highest BCUT2D eigenvalue weighted by atomic mass is 79.9. The molecular weight excluding hydrogens is 248 g/mol. The number of ether oxygens (including phenoxy) is 3. The number of methoxy groups -OCH3 is 1. The number of hydrogen-bond donors (Lipinski definition) is 0. The van der Waals surface area contributed by atoms with Crippen LogP contribution in [0.5, 0.6) is 17.2 Å². The van der Waals surface area contributed by atoms with Crippen molar-refractivity contribution in [1.82, 2.24) is 0 Å². The topological polar surface area (TPSA) is 27.7 Å². The van der Waals surface area contributed by atoms with Gasteiger partial charge in [-0.1, -0.05) is 5.92 Å². The summed E-state index contributed by atoms with van der Waals surface area (Å²) >= 11 is 3.04. The van der Waals surface area contributed by atoms with Crippen molar-refractivity contribution >= 4 is 15.9 Å². The number of fused-ring (bicyclic) bond motifs is 1. The van der Waals surface area contributed by atoms with Crippen LogP contribution in [0.1, 0.15) is 5.56 Å². The molecule has 2 rings (SSSR count). The molecule has 0 N–H and O–H groups in total. The average molecular weight is 255 g/mol. The SMILES string of the molecule is COc1cc(C#CBr)cc2c1OCO2. The zero-order chi connectivity index (χ0) is 9.97. The lowest BCUT2D eigenvalue weighted by Crippen LogP contribution is -1.93. The summed E-state index contributed by atoms with van der Waals surface area (Å²) in [6.07, 6.45) is 0. The van der Waals surface area contributed by atoms with Crippen molar-refractivity contribution in [3.63, 3.8) is 0 Å². The first kappa shape index (κ1) is 9.22. The molecule has 1 heterocycles. The third kappa shape index (κ3) is 1.51. The Morgan fingerprint density at radius 3 is 3.00 bits per heavy atom. The van der Waals surface area contributed by atoms with E-state index in [1.807, 2.05) is 12.1 Å². The van der Waals surface area contributed by atoms with Crippen LogP contribution in [0, 0.1) is 10.8 Å². The van der Waals surface area contributed by atoms with E-state index in [2.05, 4.69) is 26.7 Å². The van der Waals surface area contributed by atoms with Crippen molar-refractivity contribution in [3.05, 3.63) is 17.7 Å². The van der Waals surface area contributed by atoms with Crippen LogP contribution < -0.4 is 14.2 Å². The van der Waals surface area contributed by atoms with E-state index in [0.29, 0.717) is 17.2 Å². The lowest BCUT2D eigenvalue weighted by atomic mass is 10.2. The van der Waals surface area contributed by atoms with E-state index in [-0.39, 0.29) is 6.79 Å². The van der Waals surface area contributed by atoms with Crippen molar-refractivity contribution in [2.24, 2.45) is 0 Å². The molecule has 0 atom stereocenters. The monoisotopic (exact) mass is 254 g/mol. The summed E-state index contributed by atoms with van der Waals surface area (Å²) in [7, 11) is 1.59. The van der Waals surface area contributed by atoms with Crippen LogP contribution in [-0.2, 0) is 0 Å². The molecule has 1 aliphatic heterocycles. The molecule has 0 aliphatic carbocycles. The molecular formula is C10H7BrO3. The van der Waals surface area contributed by atoms with Gasteiger partial charge in [-0.2, -0.15) is 0 Å². The summed E-state index contributed by atoms with van der Waals surface area (Å²) in [5, 5.41) is 0. The molecule has 0 unspecified atom stereocenters. The van der Waals surface area contributed by atoms with Crippen LogP contribution in [0.25, 0.3) is 0 Å². The normalized spacial score (nSPS) is 11.9. The standard InChI is InChI=1S/C10H7BrO3/c1-12-8-4-7(2-3-11)5-9-10(8)14-6-13-9/h4-5H,6H2,1H3. The summed E-state index contributed by atoms with van der Waals surface area (Å²) in [6.45, 7) is 0.233. The van der Waals surface area contributed by atoms with Gasteiger partial charge in [0, 0.05) is 27.6 Å². The van der Waals surface area contributed by atoms with Crippen LogP contribution in [0.2, 0.25) is 0 Å². The quantitative estimate of drug-likeness (QED) is 0.719. The Labute approximate surface area is 90.1 Å². The zero-order valence-electron chi connectivity index (χ0n) is 7.46. The Morgan fingerprint density at radius 1 is 1.43 bits per heavy atom. The minimum Gasteiger partial charge on any atom is -0.493 e. The molecule has 0 saturated carbocycles. The van der Waals surface area contributed by atoms with Gasteiger partial charge in [-0.25, -0.2) is 0 Å². The summed E-state index contributed by atoms with van der Waals surface area (Å²) in [6, 6.07) is 3.63. The fourth-order valence-corrected chi connectivity index (χ4v) is 1.49. The van der Waals surface area contributed by atoms with Gasteiger partial charge in [-0.15, -0.1) is 0 Å². The van der Waals surface area contributed by atoms with Crippen molar-refractivity contribution in [1.29, 1.82) is 0 Å². The van der Waals surface area contributed by atoms with E-state index < -0.39 is 0 Å². The van der Waals surface area contributed by atoms with Crippen LogP contribution in [-0.4, -0.2) is 13.9 Å². The van der Waals surface area contributed by atoms with Crippen LogP contribution in [0.15, 0.2) is 12.1 Å². The molecule has 0 fully saturated rings. The predicted octanol–water partition coefficient (Wildman–Crippen LogP) is 2.13. The fraction of sp³-hybridized carbons (Fsp3) is 0.200. The highest BCUT2D eigenvalue weighted by Crippen LogP contribution is 2.41. The molecule has 14 heavy (non-hydrogen) atoms. The van der Waals surface area contributed by atoms with Crippen LogP contribution in [0.4, 0.5) is 0 Å². The largest absolute Gasteiger partial charge is 0.493 e. The maximum atomic E-state index is 5.25. The molecule has 0 spiro atoms. The average Bonchev–Trinajstić information content (AvgIpc) is 2.65. The summed E-state index contributed by atoms with van der Waals surface area (Å²) in [4.78, 5) is 2.64. The van der Waals surface area contributed by atoms with E-state index in [1.54, 1.807) is 7.11 Å². The lowest BCUT2D eigenvalue weighted by molar-refractivity contribution is 0.171. The molecule has 72 valence electrons. The van der Waals surface area contributed by atoms with Gasteiger partial charge in [0.1, 0.15) is 0 Å². The Bertz CT molecular complexity index is 417. The van der Waals surface area contributed by atoms with E-state index >= 15 is 0 Å². The molecule has 1 aromatic rings. The Hall–Kier alpha value is -1.34. The molecule has 0 amide bonds. The van der Waals surface area contributed by atoms with Gasteiger partial charge in [-0.05, 0) is 10.9 Å². The molecule has 3 nitrogen and oxygen atoms in total. The van der Waals surface area contributed by atoms with Gasteiger partial charge in [0.25, 0.3) is 0 Å². The van der Waals surface area contributed by atoms with Crippen molar-refractivity contribution < 1.29 is 14.2 Å². The third-order valence-corrected chi connectivity index (χ3v) is 2.05. The molecule has 4 heteroatoms. The number of halogens is 1. The summed E-state index contributed by atoms with van der Waals surface area (Å²) in [5.74, 6) is 4.83. The van der Waals surface area contributed by atoms with Crippen molar-refractivity contribution in [3.8, 4) is 28.0 Å². The number of hydrogen-bond acceptors (Lipinski definition) is 3. The first-order chi connectivity index (χ1) is 6.85. The molecule has 0 bridgehead atoms. The smallest absolute Gasteiger partial charge is 0.231 e. The zero-order valence-corrected chi connectivity index (χ0v) is 9.05. The first-order valence-electron chi connectivity index (χ1n) is 3.94. The number of benzene rings is 1. The van der Waals surface area contributed by atoms with Gasteiger partial charge in [0.05, 0.1) is 7.11 Å². The van der Waals surface area contributed by atoms with Gasteiger partial charge in [0.2, 0.25) is 12.5 Å². The van der Waals surface area contributed by atoms with Gasteiger partial charge >= 0.3 is 0 Å². The van der Waals surface area contributed by atoms with Crippen LogP contribution >= 0.6 is 15.9 Å². The highest BCUT2D eigenvalue weighted by molar-refractivity contribution is 9.12. The van der Waals surface area contributed by atoms with E-state index in [1.165, 1.54) is 0 Å². The second-order valence-corrected chi connectivity index (χ2v) is 3.03. The maximum absolute atomic E-state index is 5.25. The Kier molecular flexibility index (Phi) is 2.51. The molecule has 0 radical (unpaired) electrons. The minimum absolute atomic E-state index is 0.233.